The summed E-state index contributed by atoms with van der Waals surface area (Å²) in [6.45, 7) is 6.39. The highest BCUT2D eigenvalue weighted by molar-refractivity contribution is 5.77. The number of carbonyl (C=O) groups excluding carboxylic acids is 2. The molecule has 0 rings (SSSR count). The molecule has 64 heavy (non-hydrogen) atoms. The number of carbonyl (C=O) groups is 2. The van der Waals surface area contributed by atoms with E-state index in [9.17, 15) is 19.8 Å². The summed E-state index contributed by atoms with van der Waals surface area (Å²) in [5, 5.41) is 23.8. The lowest BCUT2D eigenvalue weighted by molar-refractivity contribution is -0.151. The Balaban J connectivity index is 4.65. The standard InChI is InChI=1S/C58H103NO5/c1-4-7-10-13-16-19-22-25-27-28-29-30-33-36-39-42-45-48-51-58(63)64-54(49-46-43-40-37-34-32-26-23-20-17-14-11-8-5-2)52-57(62)59-55(53-60)56(61)50-47-44-41-38-35-31-24-21-18-15-12-9-6-3/h10,13,16,19,22,25,27-30,32,34,54-56,60-61H,4-9,11-12,14-15,17-18,20-21,23-24,26,31,33,35-53H2,1-3H3,(H,59,62)/b13-10+,19-16+,25-22+,28-27+,30-29+,34-32+. The fourth-order valence-corrected chi connectivity index (χ4v) is 7.98. The summed E-state index contributed by atoms with van der Waals surface area (Å²) in [6, 6.07) is -0.714. The molecule has 3 unspecified atom stereocenters. The third kappa shape index (κ3) is 45.9. The number of hydrogen-bond acceptors (Lipinski definition) is 5. The van der Waals surface area contributed by atoms with Crippen LogP contribution in [0, 0.1) is 0 Å². The fourth-order valence-electron chi connectivity index (χ4n) is 7.98. The van der Waals surface area contributed by atoms with Crippen LogP contribution < -0.4 is 5.32 Å². The molecule has 3 N–H and O–H groups in total. The molecule has 370 valence electrons. The van der Waals surface area contributed by atoms with E-state index in [4.69, 9.17) is 4.74 Å². The summed E-state index contributed by atoms with van der Waals surface area (Å²) >= 11 is 0. The number of nitrogens with one attached hydrogen (secondary N) is 1. The van der Waals surface area contributed by atoms with Gasteiger partial charge in [0.15, 0.2) is 0 Å². The number of hydrogen-bond donors (Lipinski definition) is 3. The summed E-state index contributed by atoms with van der Waals surface area (Å²) in [7, 11) is 0. The van der Waals surface area contributed by atoms with Crippen LogP contribution in [-0.2, 0) is 14.3 Å². The van der Waals surface area contributed by atoms with Crippen LogP contribution in [-0.4, -0.2) is 46.9 Å². The van der Waals surface area contributed by atoms with Crippen molar-refractivity contribution in [3.63, 3.8) is 0 Å². The molecule has 3 atom stereocenters. The van der Waals surface area contributed by atoms with Gasteiger partial charge in [0.2, 0.25) is 5.91 Å². The van der Waals surface area contributed by atoms with Crippen molar-refractivity contribution in [2.75, 3.05) is 6.61 Å². The van der Waals surface area contributed by atoms with Gasteiger partial charge in [0.1, 0.15) is 6.10 Å². The number of amides is 1. The van der Waals surface area contributed by atoms with Crippen LogP contribution in [0.1, 0.15) is 258 Å². The first-order valence-electron chi connectivity index (χ1n) is 27.2. The smallest absolute Gasteiger partial charge is 0.306 e. The summed E-state index contributed by atoms with van der Waals surface area (Å²) < 4.78 is 5.93. The van der Waals surface area contributed by atoms with Crippen molar-refractivity contribution in [1.29, 1.82) is 0 Å². The molecule has 0 aromatic carbocycles. The van der Waals surface area contributed by atoms with Gasteiger partial charge in [-0.1, -0.05) is 248 Å². The van der Waals surface area contributed by atoms with Gasteiger partial charge in [-0.3, -0.25) is 9.59 Å². The molecule has 0 aromatic heterocycles. The average molecular weight is 894 g/mol. The van der Waals surface area contributed by atoms with Gasteiger partial charge in [0, 0.05) is 6.42 Å². The van der Waals surface area contributed by atoms with Crippen molar-refractivity contribution in [3.8, 4) is 0 Å². The third-order valence-electron chi connectivity index (χ3n) is 12.1. The van der Waals surface area contributed by atoms with Gasteiger partial charge in [0.05, 0.1) is 25.2 Å². The summed E-state index contributed by atoms with van der Waals surface area (Å²) in [6.07, 6.45) is 65.2. The highest BCUT2D eigenvalue weighted by atomic mass is 16.5. The molecule has 0 radical (unpaired) electrons. The molecular formula is C58H103NO5. The Kier molecular flexibility index (Phi) is 49.1. The Morgan fingerprint density at radius 3 is 1.33 bits per heavy atom. The molecule has 6 heteroatoms. The van der Waals surface area contributed by atoms with Crippen LogP contribution >= 0.6 is 0 Å². The lowest BCUT2D eigenvalue weighted by Gasteiger charge is -2.24. The Morgan fingerprint density at radius 2 is 0.844 bits per heavy atom. The maximum Gasteiger partial charge on any atom is 0.306 e. The number of esters is 1. The maximum atomic E-state index is 13.2. The number of ether oxygens (including phenoxy) is 1. The first kappa shape index (κ1) is 61.3. The van der Waals surface area contributed by atoms with Crippen LogP contribution in [0.25, 0.3) is 0 Å². The Bertz CT molecular complexity index is 1190. The summed E-state index contributed by atoms with van der Waals surface area (Å²) in [4.78, 5) is 26.2. The zero-order chi connectivity index (χ0) is 46.7. The fraction of sp³-hybridized carbons (Fsp3) is 0.759. The van der Waals surface area contributed by atoms with Crippen molar-refractivity contribution in [2.45, 2.75) is 277 Å². The van der Waals surface area contributed by atoms with Gasteiger partial charge < -0.3 is 20.3 Å². The van der Waals surface area contributed by atoms with E-state index in [1.54, 1.807) is 0 Å². The molecule has 0 aliphatic rings. The topological polar surface area (TPSA) is 95.9 Å². The Labute approximate surface area is 396 Å². The van der Waals surface area contributed by atoms with Gasteiger partial charge >= 0.3 is 5.97 Å². The average Bonchev–Trinajstić information content (AvgIpc) is 3.29. The second-order valence-corrected chi connectivity index (χ2v) is 18.4. The SMILES string of the molecule is CCC/C=C/C=C/C=C/C=C/C=C/CCCCCCCC(=O)OC(CCCCC/C=C/CCCCCCCCC)CC(=O)NC(CO)C(O)CCCCCCCCCCCCCCC. The molecule has 0 aliphatic heterocycles. The third-order valence-corrected chi connectivity index (χ3v) is 12.1. The molecule has 0 aliphatic carbocycles. The summed E-state index contributed by atoms with van der Waals surface area (Å²) in [5.74, 6) is -0.516. The van der Waals surface area contributed by atoms with E-state index in [2.05, 4.69) is 74.7 Å². The first-order chi connectivity index (χ1) is 31.5. The van der Waals surface area contributed by atoms with Gasteiger partial charge in [-0.2, -0.15) is 0 Å². The van der Waals surface area contributed by atoms with Gasteiger partial charge in [-0.05, 0) is 70.6 Å². The van der Waals surface area contributed by atoms with Gasteiger partial charge in [0.25, 0.3) is 0 Å². The summed E-state index contributed by atoms with van der Waals surface area (Å²) in [5.41, 5.74) is 0. The van der Waals surface area contributed by atoms with Crippen molar-refractivity contribution >= 4 is 11.9 Å². The first-order valence-corrected chi connectivity index (χ1v) is 27.2. The molecule has 0 aromatic rings. The van der Waals surface area contributed by atoms with Crippen LogP contribution in [0.2, 0.25) is 0 Å². The highest BCUT2D eigenvalue weighted by Gasteiger charge is 2.24. The second kappa shape index (κ2) is 51.3. The van der Waals surface area contributed by atoms with Crippen molar-refractivity contribution in [2.24, 2.45) is 0 Å². The van der Waals surface area contributed by atoms with E-state index >= 15 is 0 Å². The Morgan fingerprint density at radius 1 is 0.453 bits per heavy atom. The number of unbranched alkanes of at least 4 members (excludes halogenated alkanes) is 28. The minimum absolute atomic E-state index is 0.0544. The molecular weight excluding hydrogens is 791 g/mol. The zero-order valence-electron chi connectivity index (χ0n) is 42.1. The predicted octanol–water partition coefficient (Wildman–Crippen LogP) is 16.6. The van der Waals surface area contributed by atoms with Crippen LogP contribution in [0.15, 0.2) is 72.9 Å². The lowest BCUT2D eigenvalue weighted by atomic mass is 10.0. The number of aliphatic hydroxyl groups is 2. The van der Waals surface area contributed by atoms with Crippen LogP contribution in [0.3, 0.4) is 0 Å². The van der Waals surface area contributed by atoms with E-state index in [0.29, 0.717) is 19.3 Å². The molecule has 0 fully saturated rings. The van der Waals surface area contributed by atoms with Crippen molar-refractivity contribution < 1.29 is 24.5 Å². The monoisotopic (exact) mass is 894 g/mol. The highest BCUT2D eigenvalue weighted by Crippen LogP contribution is 2.17. The molecule has 1 amide bonds. The lowest BCUT2D eigenvalue weighted by Crippen LogP contribution is -2.46. The van der Waals surface area contributed by atoms with E-state index in [0.717, 1.165) is 96.3 Å². The van der Waals surface area contributed by atoms with E-state index in [-0.39, 0.29) is 24.9 Å². The van der Waals surface area contributed by atoms with Crippen LogP contribution in [0.5, 0.6) is 0 Å². The molecule has 0 saturated heterocycles. The molecule has 0 heterocycles. The maximum absolute atomic E-state index is 13.2. The van der Waals surface area contributed by atoms with E-state index in [1.165, 1.54) is 116 Å². The van der Waals surface area contributed by atoms with Gasteiger partial charge in [-0.15, -0.1) is 0 Å². The minimum Gasteiger partial charge on any atom is -0.462 e. The van der Waals surface area contributed by atoms with Gasteiger partial charge in [-0.25, -0.2) is 0 Å². The normalized spacial score (nSPS) is 13.8. The number of rotatable bonds is 48. The molecule has 0 spiro atoms. The predicted molar refractivity (Wildman–Crippen MR) is 278 cm³/mol. The van der Waals surface area contributed by atoms with Crippen molar-refractivity contribution in [3.05, 3.63) is 72.9 Å². The molecule has 0 saturated carbocycles. The number of aliphatic hydroxyl groups excluding tert-OH is 2. The number of allylic oxidation sites excluding steroid dienone is 12. The van der Waals surface area contributed by atoms with Crippen molar-refractivity contribution in [1.82, 2.24) is 5.32 Å². The zero-order valence-corrected chi connectivity index (χ0v) is 42.1. The second-order valence-electron chi connectivity index (χ2n) is 18.4. The molecule has 6 nitrogen and oxygen atoms in total. The Hall–Kier alpha value is -2.70. The van der Waals surface area contributed by atoms with E-state index in [1.807, 2.05) is 24.3 Å². The quantitative estimate of drug-likeness (QED) is 0.0245. The minimum atomic E-state index is -0.799. The largest absolute Gasteiger partial charge is 0.462 e. The van der Waals surface area contributed by atoms with E-state index < -0.39 is 18.2 Å². The van der Waals surface area contributed by atoms with Crippen LogP contribution in [0.4, 0.5) is 0 Å². The molecule has 0 bridgehead atoms.